The van der Waals surface area contributed by atoms with Crippen molar-refractivity contribution in [3.05, 3.63) is 54.6 Å². The largest absolute Gasteiger partial charge is 0.530 e. The molecule has 1 unspecified atom stereocenters. The zero-order valence-electron chi connectivity index (χ0n) is 31.7. The van der Waals surface area contributed by atoms with E-state index in [1.807, 2.05) is 44.2 Å². The van der Waals surface area contributed by atoms with Gasteiger partial charge in [-0.05, 0) is 102 Å². The Hall–Kier alpha value is -1.67. The van der Waals surface area contributed by atoms with Crippen LogP contribution in [0.4, 0.5) is 0 Å². The molecule has 53 heavy (non-hydrogen) atoms. The van der Waals surface area contributed by atoms with E-state index < -0.39 is 54.4 Å². The van der Waals surface area contributed by atoms with Gasteiger partial charge >= 0.3 is 7.82 Å². The molecular formula is C40H55O12P. The normalized spacial score (nSPS) is 50.8. The van der Waals surface area contributed by atoms with Crippen LogP contribution in [0.5, 0.6) is 5.75 Å². The topological polar surface area (TPSA) is 119 Å². The van der Waals surface area contributed by atoms with Crippen LogP contribution in [-0.2, 0) is 52.1 Å². The highest BCUT2D eigenvalue weighted by atomic mass is 31.2. The first-order valence-electron chi connectivity index (χ1n) is 19.7. The molecular weight excluding hydrogens is 703 g/mol. The summed E-state index contributed by atoms with van der Waals surface area (Å²) in [6.45, 7) is 12.5. The maximum atomic E-state index is 14.2. The summed E-state index contributed by atoms with van der Waals surface area (Å²) >= 11 is 0. The van der Waals surface area contributed by atoms with Crippen LogP contribution in [0.2, 0.25) is 0 Å². The third kappa shape index (κ3) is 5.89. The van der Waals surface area contributed by atoms with Gasteiger partial charge in [-0.3, -0.25) is 9.05 Å². The lowest BCUT2D eigenvalue weighted by Crippen LogP contribution is -2.61. The molecule has 13 heteroatoms. The van der Waals surface area contributed by atoms with Crippen molar-refractivity contribution in [2.45, 2.75) is 139 Å². The fourth-order valence-electron chi connectivity index (χ4n) is 11.3. The van der Waals surface area contributed by atoms with Gasteiger partial charge in [-0.15, -0.1) is 0 Å². The third-order valence-corrected chi connectivity index (χ3v) is 15.4. The maximum Gasteiger partial charge on any atom is 0.530 e. The molecule has 1 aromatic carbocycles. The summed E-state index contributed by atoms with van der Waals surface area (Å²) in [5, 5.41) is 0. The maximum absolute atomic E-state index is 14.2. The number of hydrogen-bond acceptors (Lipinski definition) is 12. The summed E-state index contributed by atoms with van der Waals surface area (Å²) in [5.41, 5.74) is -2.82. The second-order valence-electron chi connectivity index (χ2n) is 17.6. The number of para-hydroxylation sites is 1. The molecule has 8 aliphatic heterocycles. The molecule has 4 bridgehead atoms. The van der Waals surface area contributed by atoms with Crippen LogP contribution in [0.3, 0.4) is 0 Å². The highest BCUT2D eigenvalue weighted by Gasteiger charge is 2.75. The van der Waals surface area contributed by atoms with Crippen LogP contribution in [0.15, 0.2) is 54.6 Å². The number of fused-ring (bicyclic) bond motifs is 4. The Labute approximate surface area is 312 Å². The Kier molecular flexibility index (Phi) is 9.01. The van der Waals surface area contributed by atoms with Crippen LogP contribution in [0.1, 0.15) is 92.9 Å². The minimum atomic E-state index is -4.10. The van der Waals surface area contributed by atoms with Gasteiger partial charge < -0.3 is 23.5 Å². The highest BCUT2D eigenvalue weighted by Crippen LogP contribution is 2.65. The van der Waals surface area contributed by atoms with Gasteiger partial charge in [0.25, 0.3) is 0 Å². The molecule has 0 amide bonds. The van der Waals surface area contributed by atoms with Gasteiger partial charge in [0.15, 0.2) is 23.8 Å². The van der Waals surface area contributed by atoms with Gasteiger partial charge in [-0.25, -0.2) is 24.1 Å². The molecule has 8 saturated heterocycles. The summed E-state index contributed by atoms with van der Waals surface area (Å²) in [6, 6.07) is 8.90. The summed E-state index contributed by atoms with van der Waals surface area (Å²) in [7, 11) is -4.10. The molecule has 2 saturated carbocycles. The Morgan fingerprint density at radius 1 is 0.660 bits per heavy atom. The average molecular weight is 759 g/mol. The van der Waals surface area contributed by atoms with Crippen LogP contribution >= 0.6 is 7.82 Å². The van der Waals surface area contributed by atoms with E-state index in [1.54, 1.807) is 24.3 Å². The second kappa shape index (κ2) is 12.9. The third-order valence-electron chi connectivity index (χ3n) is 14.1. The monoisotopic (exact) mass is 758 g/mol. The van der Waals surface area contributed by atoms with Crippen molar-refractivity contribution in [3.8, 4) is 5.75 Å². The quantitative estimate of drug-likeness (QED) is 0.130. The molecule has 2 spiro atoms. The van der Waals surface area contributed by atoms with Crippen LogP contribution in [-0.4, -0.2) is 59.8 Å². The van der Waals surface area contributed by atoms with Gasteiger partial charge in [0.1, 0.15) is 5.75 Å². The lowest BCUT2D eigenvalue weighted by atomic mass is 9.60. The van der Waals surface area contributed by atoms with Crippen molar-refractivity contribution in [1.82, 2.24) is 0 Å². The first kappa shape index (κ1) is 36.9. The standard InChI is InChI=1S/C40H55O12P/c1-26-14-16-31-35(3,44-33-39(31)29(26)18-22-37(5,46-33)49-51-39)20-10-24-42-53(41,48-28-12-8-7-9-13-28)43-25-11-21-36(4)32-17-15-27(2)30-19-23-38(6)47-34(45-36)40(30,32)52-50-38/h7-13,20-21,26-27,29-34H,14-19,22-25H2,1-6H3/b20-10-,21-11+/t26-,27-,29+,30+,31+,32+,33-,34-,35-,36-,37-,38-,39-,40-,53?/m1/s1. The van der Waals surface area contributed by atoms with Crippen molar-refractivity contribution in [1.29, 1.82) is 0 Å². The van der Waals surface area contributed by atoms with Crippen LogP contribution < -0.4 is 4.52 Å². The first-order chi connectivity index (χ1) is 25.2. The van der Waals surface area contributed by atoms with Crippen molar-refractivity contribution in [2.24, 2.45) is 35.5 Å². The van der Waals surface area contributed by atoms with Gasteiger partial charge in [0.05, 0.1) is 24.4 Å². The first-order valence-corrected chi connectivity index (χ1v) is 21.1. The SMILES string of the molecule is C[C@@H]1CC[C@@H]2[C@]34OO[C@](C)(CC[C@@H]13)O[C@H]4O[C@]2(C)/C=C\COP(=O)(OC/C=C/[C@@]1(C)O[C@@H]2O[C@@]3(C)CC[C@H]4[C@H](C)CC[C@@H]1[C@@]24OO3)Oc1ccccc1. The van der Waals surface area contributed by atoms with Crippen LogP contribution in [0.25, 0.3) is 0 Å². The van der Waals surface area contributed by atoms with Crippen molar-refractivity contribution in [3.63, 3.8) is 0 Å². The fourth-order valence-corrected chi connectivity index (χ4v) is 12.4. The van der Waals surface area contributed by atoms with E-state index in [0.29, 0.717) is 17.6 Å². The molecule has 15 atom stereocenters. The molecule has 10 fully saturated rings. The number of rotatable bonds is 10. The molecule has 0 radical (unpaired) electrons. The molecule has 10 aliphatic rings. The van der Waals surface area contributed by atoms with Crippen molar-refractivity contribution >= 4 is 7.82 Å². The number of hydrogen-bond donors (Lipinski definition) is 0. The molecule has 0 N–H and O–H groups in total. The minimum Gasteiger partial charge on any atom is -0.404 e. The van der Waals surface area contributed by atoms with Crippen molar-refractivity contribution in [2.75, 3.05) is 13.2 Å². The summed E-state index contributed by atoms with van der Waals surface area (Å²) < 4.78 is 58.3. The zero-order valence-corrected chi connectivity index (χ0v) is 32.6. The predicted molar refractivity (Wildman–Crippen MR) is 189 cm³/mol. The molecule has 292 valence electrons. The van der Waals surface area contributed by atoms with E-state index in [1.165, 1.54) is 0 Å². The van der Waals surface area contributed by atoms with E-state index in [4.69, 9.17) is 52.1 Å². The Morgan fingerprint density at radius 2 is 1.13 bits per heavy atom. The Morgan fingerprint density at radius 3 is 1.60 bits per heavy atom. The molecule has 2 aliphatic carbocycles. The van der Waals surface area contributed by atoms with E-state index >= 15 is 0 Å². The molecule has 1 aromatic rings. The minimum absolute atomic E-state index is 0.00350. The van der Waals surface area contributed by atoms with Gasteiger partial charge in [-0.1, -0.05) is 56.4 Å². The number of phosphoric acid groups is 1. The Bertz CT molecular complexity index is 1560. The summed E-state index contributed by atoms with van der Waals surface area (Å²) in [5.74, 6) is 0.125. The van der Waals surface area contributed by atoms with E-state index in [-0.39, 0.29) is 36.9 Å². The second-order valence-corrected chi connectivity index (χ2v) is 19.2. The lowest BCUT2D eigenvalue weighted by molar-refractivity contribution is -0.541. The zero-order chi connectivity index (χ0) is 36.9. The smallest absolute Gasteiger partial charge is 0.404 e. The molecule has 11 rings (SSSR count). The van der Waals surface area contributed by atoms with E-state index in [0.717, 1.165) is 51.4 Å². The lowest BCUT2D eigenvalue weighted by Gasteiger charge is -2.50. The average Bonchev–Trinajstić information content (AvgIpc) is 3.24. The summed E-state index contributed by atoms with van der Waals surface area (Å²) in [4.78, 5) is 24.4. The van der Waals surface area contributed by atoms with Gasteiger partial charge in [0.2, 0.25) is 11.6 Å². The summed E-state index contributed by atoms with van der Waals surface area (Å²) in [6.07, 6.45) is 13.8. The van der Waals surface area contributed by atoms with Crippen LogP contribution in [0, 0.1) is 35.5 Å². The van der Waals surface area contributed by atoms with E-state index in [9.17, 15) is 4.57 Å². The number of phosphoric ester groups is 1. The molecule has 8 heterocycles. The fraction of sp³-hybridized carbons (Fsp3) is 0.750. The van der Waals surface area contributed by atoms with Crippen molar-refractivity contribution < 1.29 is 56.6 Å². The predicted octanol–water partition coefficient (Wildman–Crippen LogP) is 8.33. The van der Waals surface area contributed by atoms with E-state index in [2.05, 4.69) is 27.7 Å². The Balaban J connectivity index is 0.895. The van der Waals surface area contributed by atoms with Gasteiger partial charge in [-0.2, -0.15) is 0 Å². The highest BCUT2D eigenvalue weighted by molar-refractivity contribution is 7.48. The van der Waals surface area contributed by atoms with Gasteiger partial charge in [0, 0.05) is 24.7 Å². The number of ether oxygens (including phenoxy) is 4. The molecule has 0 aromatic heterocycles. The molecule has 12 nitrogen and oxygen atoms in total. The number of benzene rings is 1.